The molecule has 0 bridgehead atoms. The van der Waals surface area contributed by atoms with Gasteiger partial charge in [0.2, 0.25) is 0 Å². The van der Waals surface area contributed by atoms with Gasteiger partial charge in [-0.2, -0.15) is 0 Å². The van der Waals surface area contributed by atoms with Crippen LogP contribution in [0.1, 0.15) is 12.8 Å². The van der Waals surface area contributed by atoms with Crippen LogP contribution < -0.4 is 10.6 Å². The Labute approximate surface area is 93.8 Å². The second kappa shape index (κ2) is 4.37. The van der Waals surface area contributed by atoms with Crippen LogP contribution in [0.2, 0.25) is 5.02 Å². The average Bonchev–Trinajstić information content (AvgIpc) is 2.22. The summed E-state index contributed by atoms with van der Waals surface area (Å²) in [6.07, 6.45) is 2.02. The fourth-order valence-corrected chi connectivity index (χ4v) is 2.12. The van der Waals surface area contributed by atoms with Crippen molar-refractivity contribution in [1.82, 2.24) is 0 Å². The molecule has 1 fully saturated rings. The third kappa shape index (κ3) is 2.41. The normalized spacial score (nSPS) is 21.8. The van der Waals surface area contributed by atoms with Crippen LogP contribution in [0.5, 0.6) is 0 Å². The summed E-state index contributed by atoms with van der Waals surface area (Å²) in [6.45, 7) is 1.56. The number of hydrogen-bond donors (Lipinski definition) is 1. The molecule has 4 heteroatoms. The Morgan fingerprint density at radius 2 is 2.27 bits per heavy atom. The highest BCUT2D eigenvalue weighted by molar-refractivity contribution is 6.30. The first-order valence-corrected chi connectivity index (χ1v) is 5.50. The molecule has 2 nitrogen and oxygen atoms in total. The van der Waals surface area contributed by atoms with Crippen LogP contribution >= 0.6 is 11.6 Å². The molecule has 1 aromatic carbocycles. The summed E-state index contributed by atoms with van der Waals surface area (Å²) in [5.41, 5.74) is 6.42. The number of hydrogen-bond acceptors (Lipinski definition) is 2. The highest BCUT2D eigenvalue weighted by Crippen LogP contribution is 2.25. The zero-order chi connectivity index (χ0) is 10.8. The van der Waals surface area contributed by atoms with E-state index in [2.05, 4.69) is 0 Å². The number of anilines is 1. The van der Waals surface area contributed by atoms with Crippen molar-refractivity contribution in [2.24, 2.45) is 5.73 Å². The second-order valence-electron chi connectivity index (χ2n) is 3.94. The van der Waals surface area contributed by atoms with E-state index in [1.807, 2.05) is 4.90 Å². The van der Waals surface area contributed by atoms with Gasteiger partial charge >= 0.3 is 0 Å². The maximum atomic E-state index is 13.5. The van der Waals surface area contributed by atoms with E-state index in [-0.39, 0.29) is 11.9 Å². The molecule has 2 N–H and O–H groups in total. The minimum absolute atomic E-state index is 0.136. The molecule has 0 saturated carbocycles. The molecule has 0 radical (unpaired) electrons. The molecule has 0 aromatic heterocycles. The highest BCUT2D eigenvalue weighted by Gasteiger charge is 2.19. The number of piperidine rings is 1. The van der Waals surface area contributed by atoms with Crippen molar-refractivity contribution in [3.05, 3.63) is 29.0 Å². The van der Waals surface area contributed by atoms with Gasteiger partial charge in [0.05, 0.1) is 5.69 Å². The predicted octanol–water partition coefficient (Wildman–Crippen LogP) is 2.41. The van der Waals surface area contributed by atoms with Gasteiger partial charge in [-0.1, -0.05) is 11.6 Å². The molecular formula is C11H14ClFN2. The number of benzene rings is 1. The van der Waals surface area contributed by atoms with E-state index in [0.717, 1.165) is 19.4 Å². The SMILES string of the molecule is NC1CCCN(c2cc(Cl)ccc2F)C1. The quantitative estimate of drug-likeness (QED) is 0.800. The van der Waals surface area contributed by atoms with Crippen LogP contribution in [-0.4, -0.2) is 19.1 Å². The van der Waals surface area contributed by atoms with Gasteiger partial charge in [0.1, 0.15) is 5.82 Å². The van der Waals surface area contributed by atoms with Gasteiger partial charge in [0.25, 0.3) is 0 Å². The number of nitrogens with two attached hydrogens (primary N) is 1. The molecule has 1 atom stereocenters. The summed E-state index contributed by atoms with van der Waals surface area (Å²) in [7, 11) is 0. The Balaban J connectivity index is 2.24. The summed E-state index contributed by atoms with van der Waals surface area (Å²) in [5, 5.41) is 0.561. The van der Waals surface area contributed by atoms with Crippen LogP contribution in [0, 0.1) is 5.82 Å². The van der Waals surface area contributed by atoms with Crippen molar-refractivity contribution in [2.75, 3.05) is 18.0 Å². The van der Waals surface area contributed by atoms with Crippen molar-refractivity contribution >= 4 is 17.3 Å². The second-order valence-corrected chi connectivity index (χ2v) is 4.38. The summed E-state index contributed by atoms with van der Waals surface area (Å²) < 4.78 is 13.5. The van der Waals surface area contributed by atoms with Gasteiger partial charge in [0.15, 0.2) is 0 Å². The third-order valence-electron chi connectivity index (χ3n) is 2.71. The summed E-state index contributed by atoms with van der Waals surface area (Å²) in [6, 6.07) is 4.76. The van der Waals surface area contributed by atoms with Gasteiger partial charge in [-0.3, -0.25) is 0 Å². The molecule has 82 valence electrons. The molecule has 1 aliphatic heterocycles. The predicted molar refractivity (Wildman–Crippen MR) is 60.8 cm³/mol. The molecule has 1 unspecified atom stereocenters. The first-order chi connectivity index (χ1) is 7.16. The van der Waals surface area contributed by atoms with Crippen LogP contribution in [0.25, 0.3) is 0 Å². The third-order valence-corrected chi connectivity index (χ3v) is 2.94. The number of rotatable bonds is 1. The molecular weight excluding hydrogens is 215 g/mol. The van der Waals surface area contributed by atoms with Crippen molar-refractivity contribution in [2.45, 2.75) is 18.9 Å². The molecule has 0 aliphatic carbocycles. The lowest BCUT2D eigenvalue weighted by atomic mass is 10.1. The van der Waals surface area contributed by atoms with E-state index < -0.39 is 0 Å². The molecule has 0 amide bonds. The summed E-state index contributed by atoms with van der Waals surface area (Å²) in [5.74, 6) is -0.228. The van der Waals surface area contributed by atoms with E-state index in [4.69, 9.17) is 17.3 Å². The van der Waals surface area contributed by atoms with Gasteiger partial charge in [-0.05, 0) is 31.0 Å². The summed E-state index contributed by atoms with van der Waals surface area (Å²) >= 11 is 5.85. The maximum absolute atomic E-state index is 13.5. The Morgan fingerprint density at radius 3 is 3.00 bits per heavy atom. The fraction of sp³-hybridized carbons (Fsp3) is 0.455. The van der Waals surface area contributed by atoms with E-state index in [0.29, 0.717) is 17.3 Å². The van der Waals surface area contributed by atoms with Crippen molar-refractivity contribution in [1.29, 1.82) is 0 Å². The molecule has 0 spiro atoms. The first-order valence-electron chi connectivity index (χ1n) is 5.12. The Bertz CT molecular complexity index is 356. The Morgan fingerprint density at radius 1 is 1.47 bits per heavy atom. The lowest BCUT2D eigenvalue weighted by Crippen LogP contribution is -2.43. The van der Waals surface area contributed by atoms with Crippen molar-refractivity contribution in [3.63, 3.8) is 0 Å². The average molecular weight is 229 g/mol. The standard InChI is InChI=1S/C11H14ClFN2/c12-8-3-4-10(13)11(6-8)15-5-1-2-9(14)7-15/h3-4,6,9H,1-2,5,7,14H2. The molecule has 15 heavy (non-hydrogen) atoms. The Kier molecular flexibility index (Phi) is 3.12. The van der Waals surface area contributed by atoms with Crippen molar-refractivity contribution < 1.29 is 4.39 Å². The number of halogens is 2. The molecule has 1 saturated heterocycles. The fourth-order valence-electron chi connectivity index (χ4n) is 1.96. The Hall–Kier alpha value is -0.800. The smallest absolute Gasteiger partial charge is 0.146 e. The lowest BCUT2D eigenvalue weighted by Gasteiger charge is -2.32. The highest BCUT2D eigenvalue weighted by atomic mass is 35.5. The molecule has 1 heterocycles. The van der Waals surface area contributed by atoms with Crippen LogP contribution in [0.4, 0.5) is 10.1 Å². The van der Waals surface area contributed by atoms with Gasteiger partial charge in [-0.25, -0.2) is 4.39 Å². The van der Waals surface area contributed by atoms with Gasteiger partial charge in [-0.15, -0.1) is 0 Å². The van der Waals surface area contributed by atoms with E-state index in [1.165, 1.54) is 6.07 Å². The van der Waals surface area contributed by atoms with Crippen LogP contribution in [-0.2, 0) is 0 Å². The summed E-state index contributed by atoms with van der Waals surface area (Å²) in [4.78, 5) is 1.97. The lowest BCUT2D eigenvalue weighted by molar-refractivity contribution is 0.498. The van der Waals surface area contributed by atoms with Gasteiger partial charge < -0.3 is 10.6 Å². The minimum Gasteiger partial charge on any atom is -0.368 e. The van der Waals surface area contributed by atoms with E-state index >= 15 is 0 Å². The molecule has 1 aliphatic rings. The maximum Gasteiger partial charge on any atom is 0.146 e. The first kappa shape index (κ1) is 10.7. The molecule has 2 rings (SSSR count). The van der Waals surface area contributed by atoms with Crippen molar-refractivity contribution in [3.8, 4) is 0 Å². The largest absolute Gasteiger partial charge is 0.368 e. The minimum atomic E-state index is -0.228. The van der Waals surface area contributed by atoms with Crippen LogP contribution in [0.15, 0.2) is 18.2 Å². The van der Waals surface area contributed by atoms with Gasteiger partial charge in [0, 0.05) is 24.2 Å². The molecule has 1 aromatic rings. The van der Waals surface area contributed by atoms with E-state index in [9.17, 15) is 4.39 Å². The monoisotopic (exact) mass is 228 g/mol. The van der Waals surface area contributed by atoms with Crippen LogP contribution in [0.3, 0.4) is 0 Å². The zero-order valence-electron chi connectivity index (χ0n) is 8.42. The zero-order valence-corrected chi connectivity index (χ0v) is 9.17. The topological polar surface area (TPSA) is 29.3 Å². The van der Waals surface area contributed by atoms with E-state index in [1.54, 1.807) is 12.1 Å². The number of nitrogens with zero attached hydrogens (tertiary/aromatic N) is 1.